The zero-order valence-electron chi connectivity index (χ0n) is 19.3. The average molecular weight is 448 g/mol. The first-order valence-corrected chi connectivity index (χ1v) is 11.5. The van der Waals surface area contributed by atoms with E-state index in [0.29, 0.717) is 29.5 Å². The second-order valence-electron chi connectivity index (χ2n) is 9.79. The summed E-state index contributed by atoms with van der Waals surface area (Å²) < 4.78 is 0. The molecule has 2 atom stereocenters. The van der Waals surface area contributed by atoms with E-state index in [2.05, 4.69) is 27.3 Å². The standard InChI is InChI=1S/C24H29N7O2/c1-15-12-29-9-5-8-18(29)13-30(15)23(33)31-14-19-20(24(31,2)3)27-28-21(19)26-22(32)17-7-4-6-16(10-17)11-25/h4,6-7,10,15,18H,5,8-9,12-14H2,1-3H3,(H2,26,27,28,32)/t15-,18-/m0/s1. The molecule has 5 rings (SSSR count). The molecular formula is C24H29N7O2. The van der Waals surface area contributed by atoms with Crippen molar-refractivity contribution < 1.29 is 9.59 Å². The van der Waals surface area contributed by atoms with Crippen molar-refractivity contribution in [1.29, 1.82) is 5.26 Å². The highest BCUT2D eigenvalue weighted by Gasteiger charge is 2.47. The van der Waals surface area contributed by atoms with Gasteiger partial charge in [0.2, 0.25) is 0 Å². The SMILES string of the molecule is C[C@H]1CN2CCC[C@H]2CN1C(=O)N1Cc2c(NC(=O)c3cccc(C#N)c3)n[nH]c2C1(C)C. The predicted molar refractivity (Wildman–Crippen MR) is 122 cm³/mol. The molecule has 0 aliphatic carbocycles. The highest BCUT2D eigenvalue weighted by molar-refractivity contribution is 6.04. The van der Waals surface area contributed by atoms with Gasteiger partial charge in [0.25, 0.3) is 5.91 Å². The van der Waals surface area contributed by atoms with Crippen LogP contribution in [0.5, 0.6) is 0 Å². The molecule has 1 aromatic carbocycles. The van der Waals surface area contributed by atoms with E-state index in [4.69, 9.17) is 5.26 Å². The summed E-state index contributed by atoms with van der Waals surface area (Å²) in [4.78, 5) is 32.9. The average Bonchev–Trinajstić information content (AvgIpc) is 3.48. The highest BCUT2D eigenvalue weighted by Crippen LogP contribution is 2.41. The Morgan fingerprint density at radius 2 is 2.12 bits per heavy atom. The number of anilines is 1. The van der Waals surface area contributed by atoms with Crippen LogP contribution >= 0.6 is 0 Å². The van der Waals surface area contributed by atoms with Crippen LogP contribution in [0.25, 0.3) is 0 Å². The van der Waals surface area contributed by atoms with Gasteiger partial charge < -0.3 is 15.1 Å². The van der Waals surface area contributed by atoms with E-state index in [9.17, 15) is 9.59 Å². The molecule has 0 spiro atoms. The van der Waals surface area contributed by atoms with Crippen LogP contribution < -0.4 is 5.32 Å². The molecule has 0 bridgehead atoms. The number of hydrogen-bond donors (Lipinski definition) is 2. The van der Waals surface area contributed by atoms with E-state index in [-0.39, 0.29) is 18.0 Å². The molecule has 2 N–H and O–H groups in total. The van der Waals surface area contributed by atoms with Crippen LogP contribution in [0.1, 0.15) is 60.8 Å². The Balaban J connectivity index is 1.35. The quantitative estimate of drug-likeness (QED) is 0.736. The van der Waals surface area contributed by atoms with Crippen molar-refractivity contribution in [2.24, 2.45) is 0 Å². The molecule has 0 unspecified atom stereocenters. The molecule has 1 aromatic heterocycles. The smallest absolute Gasteiger partial charge is 0.319 e. The van der Waals surface area contributed by atoms with Gasteiger partial charge >= 0.3 is 6.03 Å². The number of carbonyl (C=O) groups excluding carboxylic acids is 2. The van der Waals surface area contributed by atoms with Crippen LogP contribution in [0.2, 0.25) is 0 Å². The molecular weight excluding hydrogens is 418 g/mol. The van der Waals surface area contributed by atoms with Gasteiger partial charge in [-0.2, -0.15) is 10.4 Å². The maximum atomic E-state index is 13.7. The number of H-pyrrole nitrogens is 1. The number of aromatic nitrogens is 2. The second-order valence-corrected chi connectivity index (χ2v) is 9.79. The number of hydrogen-bond acceptors (Lipinski definition) is 5. The summed E-state index contributed by atoms with van der Waals surface area (Å²) in [5, 5.41) is 19.3. The number of nitrogens with one attached hydrogen (secondary N) is 2. The minimum Gasteiger partial charge on any atom is -0.319 e. The summed E-state index contributed by atoms with van der Waals surface area (Å²) in [5.74, 6) is 0.0874. The Morgan fingerprint density at radius 1 is 1.30 bits per heavy atom. The summed E-state index contributed by atoms with van der Waals surface area (Å²) in [6.45, 7) is 9.32. The third-order valence-corrected chi connectivity index (χ3v) is 7.37. The first-order chi connectivity index (χ1) is 15.8. The van der Waals surface area contributed by atoms with Crippen molar-refractivity contribution in [3.8, 4) is 6.07 Å². The van der Waals surface area contributed by atoms with Gasteiger partial charge in [-0.25, -0.2) is 4.79 Å². The molecule has 9 heteroatoms. The van der Waals surface area contributed by atoms with E-state index in [1.54, 1.807) is 24.3 Å². The first kappa shape index (κ1) is 21.5. The minimum atomic E-state index is -0.574. The largest absolute Gasteiger partial charge is 0.321 e. The van der Waals surface area contributed by atoms with Gasteiger partial charge in [-0.1, -0.05) is 6.07 Å². The van der Waals surface area contributed by atoms with Crippen LogP contribution in [0, 0.1) is 11.3 Å². The third kappa shape index (κ3) is 3.55. The summed E-state index contributed by atoms with van der Waals surface area (Å²) in [6.07, 6.45) is 2.34. The molecule has 2 saturated heterocycles. The van der Waals surface area contributed by atoms with Crippen molar-refractivity contribution in [2.75, 3.05) is 25.0 Å². The zero-order chi connectivity index (χ0) is 23.3. The highest BCUT2D eigenvalue weighted by atomic mass is 16.2. The number of nitriles is 1. The monoisotopic (exact) mass is 447 g/mol. The Hall–Kier alpha value is -3.38. The molecule has 2 aromatic rings. The Labute approximate surface area is 193 Å². The van der Waals surface area contributed by atoms with Gasteiger partial charge in [-0.15, -0.1) is 0 Å². The van der Waals surface area contributed by atoms with Gasteiger partial charge in [-0.05, 0) is 58.4 Å². The fourth-order valence-corrected chi connectivity index (χ4v) is 5.44. The molecule has 2 fully saturated rings. The van der Waals surface area contributed by atoms with Crippen molar-refractivity contribution in [3.63, 3.8) is 0 Å². The van der Waals surface area contributed by atoms with Crippen LogP contribution in [-0.2, 0) is 12.1 Å². The number of nitrogens with zero attached hydrogens (tertiary/aromatic N) is 5. The molecule has 0 saturated carbocycles. The molecule has 3 aliphatic rings. The number of piperazine rings is 1. The molecule has 172 valence electrons. The fourth-order valence-electron chi connectivity index (χ4n) is 5.44. The van der Waals surface area contributed by atoms with Crippen molar-refractivity contribution in [3.05, 3.63) is 46.6 Å². The molecule has 4 heterocycles. The number of amides is 3. The van der Waals surface area contributed by atoms with Gasteiger partial charge in [0.1, 0.15) is 0 Å². The van der Waals surface area contributed by atoms with Gasteiger partial charge in [0, 0.05) is 36.3 Å². The maximum Gasteiger partial charge on any atom is 0.321 e. The van der Waals surface area contributed by atoms with E-state index in [1.165, 1.54) is 6.42 Å². The Morgan fingerprint density at radius 3 is 2.91 bits per heavy atom. The van der Waals surface area contributed by atoms with Crippen molar-refractivity contribution >= 4 is 17.8 Å². The summed E-state index contributed by atoms with van der Waals surface area (Å²) in [6, 6.07) is 9.23. The number of rotatable bonds is 2. The van der Waals surface area contributed by atoms with Crippen molar-refractivity contribution in [2.45, 2.75) is 57.8 Å². The van der Waals surface area contributed by atoms with E-state index in [0.717, 1.165) is 37.3 Å². The Bertz CT molecular complexity index is 1150. The number of fused-ring (bicyclic) bond motifs is 2. The topological polar surface area (TPSA) is 108 Å². The molecule has 3 aliphatic heterocycles. The second kappa shape index (κ2) is 7.89. The van der Waals surface area contributed by atoms with Crippen LogP contribution in [0.3, 0.4) is 0 Å². The fraction of sp³-hybridized carbons (Fsp3) is 0.500. The lowest BCUT2D eigenvalue weighted by Crippen LogP contribution is -2.60. The zero-order valence-corrected chi connectivity index (χ0v) is 19.3. The molecule has 33 heavy (non-hydrogen) atoms. The van der Waals surface area contributed by atoms with Gasteiger partial charge in [0.15, 0.2) is 5.82 Å². The normalized spacial score (nSPS) is 23.7. The van der Waals surface area contributed by atoms with Gasteiger partial charge in [0.05, 0.1) is 29.4 Å². The van der Waals surface area contributed by atoms with E-state index >= 15 is 0 Å². The molecule has 0 radical (unpaired) electrons. The van der Waals surface area contributed by atoms with E-state index < -0.39 is 5.54 Å². The number of aromatic amines is 1. The maximum absolute atomic E-state index is 13.7. The van der Waals surface area contributed by atoms with Gasteiger partial charge in [-0.3, -0.25) is 14.8 Å². The lowest BCUT2D eigenvalue weighted by atomic mass is 10.0. The van der Waals surface area contributed by atoms with Crippen molar-refractivity contribution in [1.82, 2.24) is 24.9 Å². The van der Waals surface area contributed by atoms with Crippen LogP contribution in [0.15, 0.2) is 24.3 Å². The number of urea groups is 1. The summed E-state index contributed by atoms with van der Waals surface area (Å²) >= 11 is 0. The molecule has 9 nitrogen and oxygen atoms in total. The third-order valence-electron chi connectivity index (χ3n) is 7.37. The van der Waals surface area contributed by atoms with Crippen LogP contribution in [-0.4, -0.2) is 68.6 Å². The molecule has 3 amide bonds. The summed E-state index contributed by atoms with van der Waals surface area (Å²) in [5.41, 5.74) is 1.90. The Kier molecular flexibility index (Phi) is 5.13. The lowest BCUT2D eigenvalue weighted by Gasteiger charge is -2.45. The first-order valence-electron chi connectivity index (χ1n) is 11.5. The summed E-state index contributed by atoms with van der Waals surface area (Å²) in [7, 11) is 0. The van der Waals surface area contributed by atoms with Crippen LogP contribution in [0.4, 0.5) is 10.6 Å². The number of carbonyl (C=O) groups is 2. The number of benzene rings is 1. The minimum absolute atomic E-state index is 0.0302. The lowest BCUT2D eigenvalue weighted by molar-refractivity contribution is 0.0454. The van der Waals surface area contributed by atoms with E-state index in [1.807, 2.05) is 29.7 Å². The predicted octanol–water partition coefficient (Wildman–Crippen LogP) is 2.87.